The van der Waals surface area contributed by atoms with Gasteiger partial charge in [-0.1, -0.05) is 19.9 Å². The van der Waals surface area contributed by atoms with Gasteiger partial charge in [-0.05, 0) is 74.1 Å². The number of aliphatic hydroxyl groups excluding tert-OH is 1. The summed E-state index contributed by atoms with van der Waals surface area (Å²) in [6.45, 7) is 9.44. The molecule has 1 aromatic carbocycles. The minimum absolute atomic E-state index is 0.0458. The van der Waals surface area contributed by atoms with Gasteiger partial charge >= 0.3 is 0 Å². The Labute approximate surface area is 243 Å². The third kappa shape index (κ3) is 8.11. The summed E-state index contributed by atoms with van der Waals surface area (Å²) in [6.07, 6.45) is 3.12. The topological polar surface area (TPSA) is 71.5 Å². The van der Waals surface area contributed by atoms with Gasteiger partial charge in [0.1, 0.15) is 13.2 Å². The van der Waals surface area contributed by atoms with E-state index in [1.807, 2.05) is 19.9 Å². The number of β-amino-alcohol motifs (C(OH)–C–C–N with tert-alkyl or cyclic N) is 1. The van der Waals surface area contributed by atoms with Crippen molar-refractivity contribution in [2.75, 3.05) is 52.6 Å². The second-order valence-corrected chi connectivity index (χ2v) is 13.5. The standard InChI is InChI=1S/C32H48F2N2O5/c1-31(2)22-39-13-3-4-26-20-35(18-24-5-6-27-28(16-24)41-15-14-40-27)12-9-25(26)17-30(38)36(21-29(31)37)19-23-7-10-32(33,34)11-8-23/h5-6,16,23,25-26,29,37H,3-4,7-15,17-22H2,1-2H3/t25-,26-,29-/m0/s1. The number of halogens is 2. The van der Waals surface area contributed by atoms with Crippen LogP contribution in [-0.4, -0.2) is 85.4 Å². The molecule has 1 aromatic rings. The second-order valence-electron chi connectivity index (χ2n) is 13.5. The van der Waals surface area contributed by atoms with E-state index < -0.39 is 17.4 Å². The van der Waals surface area contributed by atoms with E-state index in [1.165, 1.54) is 5.56 Å². The predicted molar refractivity (Wildman–Crippen MR) is 152 cm³/mol. The molecule has 0 aromatic heterocycles. The van der Waals surface area contributed by atoms with Crippen LogP contribution in [0.2, 0.25) is 0 Å². The van der Waals surface area contributed by atoms with Gasteiger partial charge in [0.25, 0.3) is 0 Å². The SMILES string of the molecule is CC1(C)COCCC[C@H]2CN(Cc3ccc4c(c3)OCCO4)CC[C@H]2CC(=O)N(CC2CCC(F)(F)CC2)C[C@@H]1O. The van der Waals surface area contributed by atoms with Gasteiger partial charge in [0.15, 0.2) is 11.5 Å². The molecule has 3 fully saturated rings. The Hall–Kier alpha value is -1.97. The van der Waals surface area contributed by atoms with Crippen molar-refractivity contribution >= 4 is 5.91 Å². The van der Waals surface area contributed by atoms with Crippen molar-refractivity contribution in [2.45, 2.75) is 83.8 Å². The van der Waals surface area contributed by atoms with Crippen LogP contribution < -0.4 is 9.47 Å². The van der Waals surface area contributed by atoms with E-state index in [1.54, 1.807) is 4.90 Å². The number of nitrogens with zero attached hydrogens (tertiary/aromatic N) is 2. The Kier molecular flexibility index (Phi) is 9.76. The van der Waals surface area contributed by atoms with Gasteiger partial charge in [-0.15, -0.1) is 0 Å². The fraction of sp³-hybridized carbons (Fsp3) is 0.781. The monoisotopic (exact) mass is 578 g/mol. The van der Waals surface area contributed by atoms with Crippen molar-refractivity contribution in [1.29, 1.82) is 0 Å². The Morgan fingerprint density at radius 1 is 0.976 bits per heavy atom. The van der Waals surface area contributed by atoms with Crippen molar-refractivity contribution in [3.63, 3.8) is 0 Å². The molecule has 1 saturated carbocycles. The lowest BCUT2D eigenvalue weighted by atomic mass is 9.79. The number of carbonyl (C=O) groups excluding carboxylic acids is 1. The molecule has 0 unspecified atom stereocenters. The van der Waals surface area contributed by atoms with E-state index in [0.29, 0.717) is 58.2 Å². The number of alkyl halides is 2. The lowest BCUT2D eigenvalue weighted by Crippen LogP contribution is -2.48. The highest BCUT2D eigenvalue weighted by Crippen LogP contribution is 2.38. The third-order valence-corrected chi connectivity index (χ3v) is 9.73. The van der Waals surface area contributed by atoms with Gasteiger partial charge < -0.3 is 24.2 Å². The van der Waals surface area contributed by atoms with Crippen molar-refractivity contribution in [3.05, 3.63) is 23.8 Å². The van der Waals surface area contributed by atoms with Gasteiger partial charge in [-0.3, -0.25) is 9.69 Å². The number of fused-ring (bicyclic) bond motifs is 2. The first-order valence-electron chi connectivity index (χ1n) is 15.6. The lowest BCUT2D eigenvalue weighted by Gasteiger charge is -2.40. The summed E-state index contributed by atoms with van der Waals surface area (Å²) in [5.41, 5.74) is 0.677. The molecule has 7 nitrogen and oxygen atoms in total. The summed E-state index contributed by atoms with van der Waals surface area (Å²) in [7, 11) is 0. The highest BCUT2D eigenvalue weighted by molar-refractivity contribution is 5.76. The van der Waals surface area contributed by atoms with Gasteiger partial charge in [0, 0.05) is 57.5 Å². The molecule has 3 atom stereocenters. The first kappa shape index (κ1) is 30.5. The van der Waals surface area contributed by atoms with Crippen LogP contribution in [0.4, 0.5) is 8.78 Å². The molecule has 1 N–H and O–H groups in total. The summed E-state index contributed by atoms with van der Waals surface area (Å²) in [4.78, 5) is 18.1. The summed E-state index contributed by atoms with van der Waals surface area (Å²) in [6, 6.07) is 6.17. The predicted octanol–water partition coefficient (Wildman–Crippen LogP) is 5.14. The van der Waals surface area contributed by atoms with Crippen LogP contribution in [-0.2, 0) is 16.1 Å². The highest BCUT2D eigenvalue weighted by Gasteiger charge is 2.39. The van der Waals surface area contributed by atoms with Crippen LogP contribution in [0.3, 0.4) is 0 Å². The van der Waals surface area contributed by atoms with Crippen molar-refractivity contribution < 1.29 is 32.9 Å². The number of carbonyl (C=O) groups is 1. The summed E-state index contributed by atoms with van der Waals surface area (Å²) in [5, 5.41) is 11.2. The maximum Gasteiger partial charge on any atom is 0.248 e. The molecule has 9 heteroatoms. The molecule has 0 radical (unpaired) electrons. The Balaban J connectivity index is 1.26. The van der Waals surface area contributed by atoms with E-state index in [0.717, 1.165) is 50.4 Å². The quantitative estimate of drug-likeness (QED) is 0.534. The molecule has 2 saturated heterocycles. The molecular weight excluding hydrogens is 530 g/mol. The number of likely N-dealkylation sites (tertiary alicyclic amines) is 1. The number of benzene rings is 1. The van der Waals surface area contributed by atoms with Crippen LogP contribution in [0, 0.1) is 23.2 Å². The fourth-order valence-corrected chi connectivity index (χ4v) is 6.90. The minimum Gasteiger partial charge on any atom is -0.486 e. The zero-order valence-corrected chi connectivity index (χ0v) is 24.8. The molecular formula is C32H48F2N2O5. The van der Waals surface area contributed by atoms with Gasteiger partial charge in [0.05, 0.1) is 12.7 Å². The van der Waals surface area contributed by atoms with Gasteiger partial charge in [-0.2, -0.15) is 0 Å². The highest BCUT2D eigenvalue weighted by atomic mass is 19.3. The number of rotatable bonds is 4. The van der Waals surface area contributed by atoms with Crippen LogP contribution in [0.25, 0.3) is 0 Å². The number of hydrogen-bond acceptors (Lipinski definition) is 6. The average molecular weight is 579 g/mol. The van der Waals surface area contributed by atoms with Crippen LogP contribution >= 0.6 is 0 Å². The zero-order valence-electron chi connectivity index (χ0n) is 24.8. The largest absolute Gasteiger partial charge is 0.486 e. The number of hydrogen-bond donors (Lipinski definition) is 1. The fourth-order valence-electron chi connectivity index (χ4n) is 6.90. The van der Waals surface area contributed by atoms with E-state index in [2.05, 4.69) is 17.0 Å². The Morgan fingerprint density at radius 2 is 1.73 bits per heavy atom. The van der Waals surface area contributed by atoms with Crippen LogP contribution in [0.5, 0.6) is 11.5 Å². The molecule has 230 valence electrons. The molecule has 1 amide bonds. The van der Waals surface area contributed by atoms with Crippen molar-refractivity contribution in [1.82, 2.24) is 9.80 Å². The number of piperidine rings is 1. The summed E-state index contributed by atoms with van der Waals surface area (Å²) >= 11 is 0. The number of ether oxygens (including phenoxy) is 3. The van der Waals surface area contributed by atoms with Gasteiger partial charge in [0.2, 0.25) is 11.8 Å². The van der Waals surface area contributed by atoms with Crippen molar-refractivity contribution in [3.8, 4) is 11.5 Å². The number of aliphatic hydroxyl groups is 1. The normalized spacial score (nSPS) is 30.0. The molecule has 41 heavy (non-hydrogen) atoms. The first-order valence-corrected chi connectivity index (χ1v) is 15.6. The van der Waals surface area contributed by atoms with E-state index >= 15 is 0 Å². The molecule has 1 aliphatic carbocycles. The van der Waals surface area contributed by atoms with E-state index in [-0.39, 0.29) is 37.1 Å². The maximum absolute atomic E-state index is 13.8. The number of amides is 1. The zero-order chi connectivity index (χ0) is 29.0. The Bertz CT molecular complexity index is 1030. The summed E-state index contributed by atoms with van der Waals surface area (Å²) in [5.74, 6) is -0.282. The molecule has 5 rings (SSSR count). The van der Waals surface area contributed by atoms with E-state index in [9.17, 15) is 18.7 Å². The van der Waals surface area contributed by atoms with Gasteiger partial charge in [-0.25, -0.2) is 8.78 Å². The third-order valence-electron chi connectivity index (χ3n) is 9.73. The molecule has 3 aliphatic heterocycles. The molecule has 0 bridgehead atoms. The molecule has 0 spiro atoms. The van der Waals surface area contributed by atoms with Crippen LogP contribution in [0.15, 0.2) is 18.2 Å². The van der Waals surface area contributed by atoms with E-state index in [4.69, 9.17) is 14.2 Å². The lowest BCUT2D eigenvalue weighted by molar-refractivity contribution is -0.138. The molecule has 4 aliphatic rings. The minimum atomic E-state index is -2.60. The van der Waals surface area contributed by atoms with Crippen LogP contribution in [0.1, 0.15) is 70.8 Å². The summed E-state index contributed by atoms with van der Waals surface area (Å²) < 4.78 is 45.1. The van der Waals surface area contributed by atoms with Crippen molar-refractivity contribution in [2.24, 2.45) is 23.2 Å². The molecule has 3 heterocycles. The second kappa shape index (κ2) is 13.1. The Morgan fingerprint density at radius 3 is 2.51 bits per heavy atom. The smallest absolute Gasteiger partial charge is 0.248 e. The average Bonchev–Trinajstić information content (AvgIpc) is 2.94. The maximum atomic E-state index is 13.8. The first-order chi connectivity index (χ1) is 19.6.